The number of carbonyl (C=O) groups is 2. The molecule has 0 radical (unpaired) electrons. The molecule has 164 valence electrons. The van der Waals surface area contributed by atoms with Crippen LogP contribution in [0.4, 0.5) is 9.93 Å². The summed E-state index contributed by atoms with van der Waals surface area (Å²) in [5, 5.41) is 3.29. The highest BCUT2D eigenvalue weighted by Crippen LogP contribution is 2.29. The van der Waals surface area contributed by atoms with Crippen molar-refractivity contribution in [2.75, 3.05) is 11.9 Å². The number of benzene rings is 1. The van der Waals surface area contributed by atoms with Crippen molar-refractivity contribution in [1.82, 2.24) is 14.5 Å². The van der Waals surface area contributed by atoms with E-state index in [9.17, 15) is 14.4 Å². The van der Waals surface area contributed by atoms with Gasteiger partial charge < -0.3 is 19.4 Å². The number of oxazole rings is 1. The first-order chi connectivity index (χ1) is 14.7. The molecule has 0 fully saturated rings. The fourth-order valence-electron chi connectivity index (χ4n) is 3.35. The van der Waals surface area contributed by atoms with E-state index in [0.29, 0.717) is 35.7 Å². The van der Waals surface area contributed by atoms with Crippen LogP contribution in [-0.4, -0.2) is 38.6 Å². The predicted octanol–water partition coefficient (Wildman–Crippen LogP) is 3.37. The van der Waals surface area contributed by atoms with Crippen LogP contribution in [0.5, 0.6) is 0 Å². The van der Waals surface area contributed by atoms with E-state index in [2.05, 4.69) is 10.3 Å². The van der Waals surface area contributed by atoms with Gasteiger partial charge in [-0.25, -0.2) is 14.6 Å². The number of hydrogen-bond acceptors (Lipinski definition) is 7. The van der Waals surface area contributed by atoms with Gasteiger partial charge in [-0.05, 0) is 32.9 Å². The number of aromatic nitrogens is 2. The molecule has 0 saturated heterocycles. The summed E-state index contributed by atoms with van der Waals surface area (Å²) in [6.07, 6.45) is 0.365. The molecule has 4 rings (SSSR count). The van der Waals surface area contributed by atoms with Crippen LogP contribution >= 0.6 is 11.3 Å². The van der Waals surface area contributed by atoms with Crippen LogP contribution in [0.25, 0.3) is 11.1 Å². The van der Waals surface area contributed by atoms with E-state index in [1.54, 1.807) is 23.1 Å². The number of nitrogens with one attached hydrogen (secondary N) is 1. The third-order valence-electron chi connectivity index (χ3n) is 4.77. The lowest BCUT2D eigenvalue weighted by Gasteiger charge is -2.29. The van der Waals surface area contributed by atoms with Crippen molar-refractivity contribution in [2.24, 2.45) is 0 Å². The lowest BCUT2D eigenvalue weighted by molar-refractivity contribution is -0.116. The minimum Gasteiger partial charge on any atom is -0.444 e. The zero-order chi connectivity index (χ0) is 22.2. The van der Waals surface area contributed by atoms with Crippen LogP contribution in [0, 0.1) is 0 Å². The van der Waals surface area contributed by atoms with Crippen LogP contribution in [-0.2, 0) is 29.0 Å². The van der Waals surface area contributed by atoms with Gasteiger partial charge in [0.2, 0.25) is 5.91 Å². The fraction of sp³-hybridized carbons (Fsp3) is 0.429. The molecule has 0 aliphatic carbocycles. The van der Waals surface area contributed by atoms with Gasteiger partial charge in [0.1, 0.15) is 5.60 Å². The highest BCUT2D eigenvalue weighted by Gasteiger charge is 2.28. The first-order valence-corrected chi connectivity index (χ1v) is 10.9. The molecule has 2 aromatic heterocycles. The van der Waals surface area contributed by atoms with Crippen molar-refractivity contribution in [3.8, 4) is 0 Å². The molecule has 31 heavy (non-hydrogen) atoms. The van der Waals surface area contributed by atoms with E-state index < -0.39 is 11.4 Å². The van der Waals surface area contributed by atoms with Gasteiger partial charge in [-0.3, -0.25) is 9.36 Å². The van der Waals surface area contributed by atoms with Crippen LogP contribution in [0.15, 0.2) is 33.5 Å². The van der Waals surface area contributed by atoms with Gasteiger partial charge in [0.05, 0.1) is 17.8 Å². The van der Waals surface area contributed by atoms with Crippen molar-refractivity contribution < 1.29 is 18.7 Å². The molecule has 0 saturated carbocycles. The number of carbonyl (C=O) groups excluding carboxylic acids is 2. The van der Waals surface area contributed by atoms with Gasteiger partial charge in [-0.1, -0.05) is 23.5 Å². The third-order valence-corrected chi connectivity index (χ3v) is 5.76. The van der Waals surface area contributed by atoms with Gasteiger partial charge in [0, 0.05) is 30.8 Å². The van der Waals surface area contributed by atoms with E-state index in [4.69, 9.17) is 9.15 Å². The smallest absolute Gasteiger partial charge is 0.419 e. The molecule has 2 amide bonds. The molecule has 3 aromatic rings. The Labute approximate surface area is 182 Å². The molecule has 10 heteroatoms. The molecule has 1 N–H and O–H groups in total. The Morgan fingerprint density at radius 3 is 2.84 bits per heavy atom. The second kappa shape index (κ2) is 8.18. The standard InChI is InChI=1S/C21H24N4O5S/c1-21(2,3)30-19(27)24-10-8-13-16(12-24)31-18(22-13)23-17(26)9-11-25-14-6-4-5-7-15(14)29-20(25)28/h4-7H,8-12H2,1-3H3,(H,22,23,26). The fourth-order valence-corrected chi connectivity index (χ4v) is 4.39. The van der Waals surface area contributed by atoms with Crippen LogP contribution < -0.4 is 11.1 Å². The number of aryl methyl sites for hydroxylation is 1. The van der Waals surface area contributed by atoms with Crippen molar-refractivity contribution in [1.29, 1.82) is 0 Å². The molecule has 0 spiro atoms. The predicted molar refractivity (Wildman–Crippen MR) is 116 cm³/mol. The van der Waals surface area contributed by atoms with Crippen molar-refractivity contribution in [3.63, 3.8) is 0 Å². The molecule has 0 unspecified atom stereocenters. The summed E-state index contributed by atoms with van der Waals surface area (Å²) in [7, 11) is 0. The number of thiazole rings is 1. The number of nitrogens with zero attached hydrogens (tertiary/aromatic N) is 3. The van der Waals surface area contributed by atoms with Gasteiger partial charge >= 0.3 is 11.8 Å². The summed E-state index contributed by atoms with van der Waals surface area (Å²) in [6.45, 7) is 6.64. The zero-order valence-corrected chi connectivity index (χ0v) is 18.5. The van der Waals surface area contributed by atoms with Crippen molar-refractivity contribution in [2.45, 2.75) is 52.3 Å². The highest BCUT2D eigenvalue weighted by molar-refractivity contribution is 7.15. The molecule has 0 bridgehead atoms. The number of rotatable bonds is 4. The SMILES string of the molecule is CC(C)(C)OC(=O)N1CCc2nc(NC(=O)CCn3c(=O)oc4ccccc43)sc2C1. The Morgan fingerprint density at radius 1 is 1.29 bits per heavy atom. The molecule has 1 aliphatic rings. The third kappa shape index (κ3) is 4.79. The average molecular weight is 445 g/mol. The summed E-state index contributed by atoms with van der Waals surface area (Å²) >= 11 is 1.35. The largest absolute Gasteiger partial charge is 0.444 e. The normalized spacial score (nSPS) is 13.8. The van der Waals surface area contributed by atoms with E-state index in [0.717, 1.165) is 10.6 Å². The van der Waals surface area contributed by atoms with Gasteiger partial charge in [0.25, 0.3) is 0 Å². The minimum atomic E-state index is -0.549. The average Bonchev–Trinajstić information content (AvgIpc) is 3.23. The Kier molecular flexibility index (Phi) is 5.57. The molecular formula is C21H24N4O5S. The molecule has 9 nitrogen and oxygen atoms in total. The summed E-state index contributed by atoms with van der Waals surface area (Å²) in [6, 6.07) is 7.10. The number of para-hydroxylation sites is 2. The van der Waals surface area contributed by atoms with Crippen molar-refractivity contribution in [3.05, 3.63) is 45.4 Å². The summed E-state index contributed by atoms with van der Waals surface area (Å²) in [4.78, 5) is 43.8. The van der Waals surface area contributed by atoms with E-state index in [1.165, 1.54) is 15.9 Å². The first kappa shape index (κ1) is 21.1. The number of ether oxygens (including phenoxy) is 1. The maximum absolute atomic E-state index is 12.4. The van der Waals surface area contributed by atoms with E-state index >= 15 is 0 Å². The van der Waals surface area contributed by atoms with Crippen LogP contribution in [0.1, 0.15) is 37.8 Å². The molecular weight excluding hydrogens is 420 g/mol. The molecule has 3 heterocycles. The monoisotopic (exact) mass is 444 g/mol. The topological polar surface area (TPSA) is 107 Å². The maximum atomic E-state index is 12.4. The van der Waals surface area contributed by atoms with E-state index in [1.807, 2.05) is 26.8 Å². The van der Waals surface area contributed by atoms with Gasteiger partial charge in [-0.2, -0.15) is 0 Å². The summed E-state index contributed by atoms with van der Waals surface area (Å²) in [5.74, 6) is -0.728. The molecule has 1 aromatic carbocycles. The quantitative estimate of drug-likeness (QED) is 0.661. The Bertz CT molecular complexity index is 1190. The lowest BCUT2D eigenvalue weighted by Crippen LogP contribution is -2.39. The Balaban J connectivity index is 1.37. The first-order valence-electron chi connectivity index (χ1n) is 10.0. The zero-order valence-electron chi connectivity index (χ0n) is 17.6. The molecule has 0 atom stereocenters. The van der Waals surface area contributed by atoms with Crippen LogP contribution in [0.2, 0.25) is 0 Å². The summed E-state index contributed by atoms with van der Waals surface area (Å²) in [5.41, 5.74) is 1.49. The number of hydrogen-bond donors (Lipinski definition) is 1. The number of anilines is 1. The maximum Gasteiger partial charge on any atom is 0.419 e. The van der Waals surface area contributed by atoms with Crippen LogP contribution in [0.3, 0.4) is 0 Å². The second-order valence-corrected chi connectivity index (χ2v) is 9.41. The lowest BCUT2D eigenvalue weighted by atomic mass is 10.2. The van der Waals surface area contributed by atoms with E-state index in [-0.39, 0.29) is 25.0 Å². The van der Waals surface area contributed by atoms with Crippen molar-refractivity contribution >= 4 is 39.6 Å². The molecule has 1 aliphatic heterocycles. The highest BCUT2D eigenvalue weighted by atomic mass is 32.1. The number of fused-ring (bicyclic) bond motifs is 2. The Morgan fingerprint density at radius 2 is 2.06 bits per heavy atom. The number of amides is 2. The summed E-state index contributed by atoms with van der Waals surface area (Å²) < 4.78 is 12.1. The minimum absolute atomic E-state index is 0.109. The van der Waals surface area contributed by atoms with Gasteiger partial charge in [0.15, 0.2) is 10.7 Å². The Hall–Kier alpha value is -3.14. The van der Waals surface area contributed by atoms with Gasteiger partial charge in [-0.15, -0.1) is 0 Å². The second-order valence-electron chi connectivity index (χ2n) is 8.33.